The Morgan fingerprint density at radius 2 is 1.83 bits per heavy atom. The highest BCUT2D eigenvalue weighted by molar-refractivity contribution is 5.90. The summed E-state index contributed by atoms with van der Waals surface area (Å²) in [5, 5.41) is 0. The predicted molar refractivity (Wildman–Crippen MR) is 95.6 cm³/mol. The zero-order valence-electron chi connectivity index (χ0n) is 17.3. The average molecular weight is 412 g/mol. The van der Waals surface area contributed by atoms with Crippen LogP contribution < -0.4 is 0 Å². The first kappa shape index (κ1) is 19.9. The number of hydrogen-bond acceptors (Lipinski definition) is 9. The van der Waals surface area contributed by atoms with E-state index in [1.807, 2.05) is 27.7 Å². The molecule has 4 saturated heterocycles. The van der Waals surface area contributed by atoms with Crippen molar-refractivity contribution in [3.63, 3.8) is 0 Å². The number of carbonyl (C=O) groups excluding carboxylic acids is 1. The molecule has 0 unspecified atom stereocenters. The largest absolute Gasteiger partial charge is 0.466 e. The van der Waals surface area contributed by atoms with Gasteiger partial charge in [-0.15, -0.1) is 0 Å². The quantitative estimate of drug-likeness (QED) is 0.496. The van der Waals surface area contributed by atoms with Crippen molar-refractivity contribution in [1.29, 1.82) is 0 Å². The Morgan fingerprint density at radius 1 is 1.03 bits per heavy atom. The molecule has 0 N–H and O–H groups in total. The van der Waals surface area contributed by atoms with Gasteiger partial charge >= 0.3 is 5.97 Å². The summed E-state index contributed by atoms with van der Waals surface area (Å²) in [5.74, 6) is -1.90. The molecular weight excluding hydrogens is 384 g/mol. The molecule has 0 aromatic rings. The Hall–Kier alpha value is -1.07. The maximum atomic E-state index is 12.3. The second kappa shape index (κ2) is 6.71. The lowest BCUT2D eigenvalue weighted by molar-refractivity contribution is -0.238. The summed E-state index contributed by atoms with van der Waals surface area (Å²) in [7, 11) is 1.36. The van der Waals surface area contributed by atoms with Crippen LogP contribution in [-0.4, -0.2) is 80.3 Å². The number of methoxy groups -OCH3 is 1. The van der Waals surface area contributed by atoms with Crippen molar-refractivity contribution in [3.05, 3.63) is 11.6 Å². The van der Waals surface area contributed by atoms with Gasteiger partial charge in [0.25, 0.3) is 0 Å². The fraction of sp³-hybridized carbons (Fsp3) is 0.850. The van der Waals surface area contributed by atoms with Crippen molar-refractivity contribution in [1.82, 2.24) is 0 Å². The monoisotopic (exact) mass is 412 g/mol. The molecule has 1 aliphatic carbocycles. The lowest BCUT2D eigenvalue weighted by Gasteiger charge is -2.32. The van der Waals surface area contributed by atoms with Gasteiger partial charge in [0, 0.05) is 6.42 Å². The van der Waals surface area contributed by atoms with Crippen molar-refractivity contribution >= 4 is 5.97 Å². The van der Waals surface area contributed by atoms with Crippen LogP contribution in [0.25, 0.3) is 0 Å². The Bertz CT molecular complexity index is 717. The van der Waals surface area contributed by atoms with Gasteiger partial charge in [0.05, 0.1) is 31.5 Å². The highest BCUT2D eigenvalue weighted by Crippen LogP contribution is 2.44. The molecule has 4 fully saturated rings. The van der Waals surface area contributed by atoms with Crippen molar-refractivity contribution in [3.8, 4) is 0 Å². The van der Waals surface area contributed by atoms with E-state index in [-0.39, 0.29) is 18.3 Å². The Labute approximate surface area is 169 Å². The minimum absolute atomic E-state index is 0.0373. The van der Waals surface area contributed by atoms with Crippen molar-refractivity contribution in [2.24, 2.45) is 0 Å². The molecule has 8 atom stereocenters. The second-order valence-electron chi connectivity index (χ2n) is 9.01. The molecule has 0 bridgehead atoms. The molecule has 0 spiro atoms. The third-order valence-electron chi connectivity index (χ3n) is 5.93. The number of epoxide rings is 1. The zero-order chi connectivity index (χ0) is 20.6. The number of carbonyl (C=O) groups is 1. The molecule has 0 saturated carbocycles. The van der Waals surface area contributed by atoms with Crippen LogP contribution in [0.4, 0.5) is 0 Å². The predicted octanol–water partition coefficient (Wildman–Crippen LogP) is 1.04. The molecular formula is C20H28O9. The molecule has 0 amide bonds. The third-order valence-corrected chi connectivity index (χ3v) is 5.93. The van der Waals surface area contributed by atoms with E-state index in [1.54, 1.807) is 6.08 Å². The molecule has 4 heterocycles. The van der Waals surface area contributed by atoms with Crippen LogP contribution in [0.5, 0.6) is 0 Å². The van der Waals surface area contributed by atoms with E-state index in [0.29, 0.717) is 18.6 Å². The van der Waals surface area contributed by atoms with Crippen LogP contribution in [-0.2, 0) is 42.7 Å². The lowest BCUT2D eigenvalue weighted by atomic mass is 9.95. The normalized spacial score (nSPS) is 46.7. The van der Waals surface area contributed by atoms with Gasteiger partial charge in [-0.3, -0.25) is 0 Å². The highest BCUT2D eigenvalue weighted by Gasteiger charge is 2.60. The smallest absolute Gasteiger partial charge is 0.336 e. The molecule has 5 rings (SSSR count). The van der Waals surface area contributed by atoms with Gasteiger partial charge in [-0.1, -0.05) is 0 Å². The van der Waals surface area contributed by atoms with Gasteiger partial charge in [-0.25, -0.2) is 4.79 Å². The standard InChI is InChI=1S/C20H28O9/c1-19(2)23-8-13(27-19)14-15(16-18(26-14)29-20(3,4)28-16)25-10-7-12-11(24-12)6-9(10)17(21)22-5/h6,10-16,18H,7-8H2,1-5H3/t10-,11+,12-,13+,14-,15+,16-,18-/m1/s1. The van der Waals surface area contributed by atoms with Gasteiger partial charge in [0.2, 0.25) is 0 Å². The van der Waals surface area contributed by atoms with Crippen molar-refractivity contribution < 1.29 is 42.7 Å². The van der Waals surface area contributed by atoms with E-state index in [1.165, 1.54) is 7.11 Å². The first-order chi connectivity index (χ1) is 13.7. The molecule has 4 aliphatic heterocycles. The maximum Gasteiger partial charge on any atom is 0.336 e. The van der Waals surface area contributed by atoms with Crippen LogP contribution >= 0.6 is 0 Å². The van der Waals surface area contributed by atoms with E-state index in [2.05, 4.69) is 0 Å². The molecule has 0 aromatic carbocycles. The lowest BCUT2D eigenvalue weighted by Crippen LogP contribution is -2.47. The van der Waals surface area contributed by atoms with Gasteiger partial charge in [0.1, 0.15) is 30.5 Å². The number of fused-ring (bicyclic) bond motifs is 2. The summed E-state index contributed by atoms with van der Waals surface area (Å²) >= 11 is 0. The van der Waals surface area contributed by atoms with Crippen molar-refractivity contribution in [2.75, 3.05) is 13.7 Å². The van der Waals surface area contributed by atoms with Gasteiger partial charge < -0.3 is 37.9 Å². The number of rotatable bonds is 4. The van der Waals surface area contributed by atoms with Crippen LogP contribution in [0.2, 0.25) is 0 Å². The summed E-state index contributed by atoms with van der Waals surface area (Å²) in [5.41, 5.74) is 0.468. The highest BCUT2D eigenvalue weighted by atomic mass is 16.8. The first-order valence-corrected chi connectivity index (χ1v) is 10.1. The molecule has 0 aromatic heterocycles. The molecule has 29 heavy (non-hydrogen) atoms. The van der Waals surface area contributed by atoms with Crippen LogP contribution in [0.3, 0.4) is 0 Å². The topological polar surface area (TPSA) is 94.2 Å². The average Bonchev–Trinajstić information content (AvgIpc) is 3.08. The molecule has 5 aliphatic rings. The van der Waals surface area contributed by atoms with Gasteiger partial charge in [-0.2, -0.15) is 0 Å². The van der Waals surface area contributed by atoms with Crippen LogP contribution in [0, 0.1) is 0 Å². The van der Waals surface area contributed by atoms with Gasteiger partial charge in [0.15, 0.2) is 17.9 Å². The number of ether oxygens (including phenoxy) is 8. The fourth-order valence-corrected chi connectivity index (χ4v) is 4.59. The van der Waals surface area contributed by atoms with Crippen LogP contribution in [0.15, 0.2) is 11.6 Å². The Kier molecular flexibility index (Phi) is 4.60. The summed E-state index contributed by atoms with van der Waals surface area (Å²) in [6, 6.07) is 0. The maximum absolute atomic E-state index is 12.3. The van der Waals surface area contributed by atoms with Crippen LogP contribution in [0.1, 0.15) is 34.1 Å². The third kappa shape index (κ3) is 3.63. The van der Waals surface area contributed by atoms with Gasteiger partial charge in [-0.05, 0) is 33.8 Å². The van der Waals surface area contributed by atoms with E-state index in [0.717, 1.165) is 0 Å². The number of esters is 1. The summed E-state index contributed by atoms with van der Waals surface area (Å²) in [6.45, 7) is 7.76. The fourth-order valence-electron chi connectivity index (χ4n) is 4.59. The summed E-state index contributed by atoms with van der Waals surface area (Å²) in [6.07, 6.45) is -0.413. The first-order valence-electron chi connectivity index (χ1n) is 10.1. The Balaban J connectivity index is 1.39. The molecule has 9 heteroatoms. The van der Waals surface area contributed by atoms with E-state index in [4.69, 9.17) is 37.9 Å². The number of hydrogen-bond donors (Lipinski definition) is 0. The minimum Gasteiger partial charge on any atom is -0.466 e. The molecule has 9 nitrogen and oxygen atoms in total. The molecule has 162 valence electrons. The van der Waals surface area contributed by atoms with E-state index >= 15 is 0 Å². The zero-order valence-corrected chi connectivity index (χ0v) is 17.3. The van der Waals surface area contributed by atoms with Crippen molar-refractivity contribution in [2.45, 2.75) is 94.7 Å². The van der Waals surface area contributed by atoms with E-state index in [9.17, 15) is 4.79 Å². The SMILES string of the molecule is COC(=O)C1=C[C@@H]2O[C@@H]2C[C@H]1O[C@@H]1[C@H]2OC(C)(C)O[C@H]2O[C@@H]1[C@@H]1COC(C)(C)O1. The second-order valence-corrected chi connectivity index (χ2v) is 9.01. The summed E-state index contributed by atoms with van der Waals surface area (Å²) < 4.78 is 46.9. The minimum atomic E-state index is -0.785. The summed E-state index contributed by atoms with van der Waals surface area (Å²) in [4.78, 5) is 12.3. The Morgan fingerprint density at radius 3 is 2.52 bits per heavy atom. The van der Waals surface area contributed by atoms with E-state index < -0.39 is 48.2 Å². The molecule has 0 radical (unpaired) electrons.